The third kappa shape index (κ3) is 5.33. The lowest BCUT2D eigenvalue weighted by Gasteiger charge is -2.13. The SMILES string of the molecule is COc1ccc(NC(=O)C[C@H](C)NCc2sc(C)nc2C)cc1. The van der Waals surface area contributed by atoms with Gasteiger partial charge >= 0.3 is 0 Å². The first-order valence-corrected chi connectivity index (χ1v) is 8.39. The normalized spacial score (nSPS) is 12.0. The number of anilines is 1. The van der Waals surface area contributed by atoms with Gasteiger partial charge in [-0.1, -0.05) is 0 Å². The lowest BCUT2D eigenvalue weighted by atomic mass is 10.2. The Bertz CT molecular complexity index is 652. The molecular weight excluding hydrogens is 310 g/mol. The van der Waals surface area contributed by atoms with Crippen molar-refractivity contribution in [1.82, 2.24) is 10.3 Å². The Hall–Kier alpha value is -1.92. The minimum atomic E-state index is -0.00706. The van der Waals surface area contributed by atoms with Crippen LogP contribution in [0, 0.1) is 13.8 Å². The summed E-state index contributed by atoms with van der Waals surface area (Å²) < 4.78 is 5.10. The Morgan fingerprint density at radius 3 is 2.57 bits per heavy atom. The van der Waals surface area contributed by atoms with Crippen LogP contribution >= 0.6 is 11.3 Å². The van der Waals surface area contributed by atoms with Crippen LogP contribution in [-0.2, 0) is 11.3 Å². The Kier molecular flexibility index (Phi) is 6.12. The molecule has 23 heavy (non-hydrogen) atoms. The van der Waals surface area contributed by atoms with Gasteiger partial charge in [0.05, 0.1) is 17.8 Å². The van der Waals surface area contributed by atoms with E-state index in [9.17, 15) is 4.79 Å². The second kappa shape index (κ2) is 8.08. The van der Waals surface area contributed by atoms with Gasteiger partial charge in [0.2, 0.25) is 5.91 Å². The average Bonchev–Trinajstić information content (AvgIpc) is 2.83. The van der Waals surface area contributed by atoms with Crippen molar-refractivity contribution >= 4 is 22.9 Å². The Morgan fingerprint density at radius 1 is 1.30 bits per heavy atom. The van der Waals surface area contributed by atoms with Gasteiger partial charge in [-0.25, -0.2) is 4.98 Å². The first kappa shape index (κ1) is 17.4. The first-order chi connectivity index (χ1) is 11.0. The largest absolute Gasteiger partial charge is 0.497 e. The lowest BCUT2D eigenvalue weighted by molar-refractivity contribution is -0.116. The first-order valence-electron chi connectivity index (χ1n) is 7.58. The van der Waals surface area contributed by atoms with Gasteiger partial charge in [-0.2, -0.15) is 0 Å². The number of aryl methyl sites for hydroxylation is 2. The molecule has 2 N–H and O–H groups in total. The number of thiazole rings is 1. The molecule has 124 valence electrons. The summed E-state index contributed by atoms with van der Waals surface area (Å²) in [5, 5.41) is 7.34. The van der Waals surface area contributed by atoms with E-state index in [-0.39, 0.29) is 11.9 Å². The summed E-state index contributed by atoms with van der Waals surface area (Å²) in [4.78, 5) is 17.7. The number of benzene rings is 1. The molecule has 6 heteroatoms. The highest BCUT2D eigenvalue weighted by molar-refractivity contribution is 7.11. The third-order valence-electron chi connectivity index (χ3n) is 3.48. The van der Waals surface area contributed by atoms with Gasteiger partial charge in [0, 0.05) is 29.6 Å². The number of carbonyl (C=O) groups is 1. The van der Waals surface area contributed by atoms with E-state index < -0.39 is 0 Å². The maximum absolute atomic E-state index is 12.1. The van der Waals surface area contributed by atoms with E-state index in [4.69, 9.17) is 4.74 Å². The number of rotatable bonds is 7. The average molecular weight is 333 g/mol. The number of hydrogen-bond acceptors (Lipinski definition) is 5. The van der Waals surface area contributed by atoms with Crippen LogP contribution in [-0.4, -0.2) is 24.0 Å². The number of carbonyl (C=O) groups excluding carboxylic acids is 1. The second-order valence-electron chi connectivity index (χ2n) is 5.50. The Labute approximate surface area is 141 Å². The fourth-order valence-electron chi connectivity index (χ4n) is 2.24. The van der Waals surface area contributed by atoms with Gasteiger partial charge in [0.25, 0.3) is 0 Å². The number of hydrogen-bond donors (Lipinski definition) is 2. The van der Waals surface area contributed by atoms with Crippen LogP contribution in [0.2, 0.25) is 0 Å². The monoisotopic (exact) mass is 333 g/mol. The highest BCUT2D eigenvalue weighted by Crippen LogP contribution is 2.17. The summed E-state index contributed by atoms with van der Waals surface area (Å²) in [7, 11) is 1.62. The van der Waals surface area contributed by atoms with Crippen molar-refractivity contribution in [3.63, 3.8) is 0 Å². The van der Waals surface area contributed by atoms with Crippen LogP contribution in [0.4, 0.5) is 5.69 Å². The van der Waals surface area contributed by atoms with Crippen molar-refractivity contribution in [1.29, 1.82) is 0 Å². The van der Waals surface area contributed by atoms with Gasteiger partial charge in [0.15, 0.2) is 0 Å². The topological polar surface area (TPSA) is 63.2 Å². The standard InChI is InChI=1S/C17H23N3O2S/c1-11(18-10-16-12(2)19-13(3)23-16)9-17(21)20-14-5-7-15(22-4)8-6-14/h5-8,11,18H,9-10H2,1-4H3,(H,20,21)/t11-/m0/s1. The molecule has 0 aliphatic carbocycles. The zero-order chi connectivity index (χ0) is 16.8. The number of aromatic nitrogens is 1. The van der Waals surface area contributed by atoms with Crippen molar-refractivity contribution in [2.45, 2.75) is 39.8 Å². The van der Waals surface area contributed by atoms with E-state index in [2.05, 4.69) is 15.6 Å². The molecule has 0 unspecified atom stereocenters. The predicted octanol–water partition coefficient (Wildman–Crippen LogP) is 3.28. The fraction of sp³-hybridized carbons (Fsp3) is 0.412. The molecule has 0 saturated heterocycles. The lowest BCUT2D eigenvalue weighted by Crippen LogP contribution is -2.30. The molecule has 2 rings (SSSR count). The van der Waals surface area contributed by atoms with Gasteiger partial charge in [-0.05, 0) is 45.0 Å². The van der Waals surface area contributed by atoms with Crippen molar-refractivity contribution in [3.8, 4) is 5.75 Å². The highest BCUT2D eigenvalue weighted by atomic mass is 32.1. The number of nitrogens with one attached hydrogen (secondary N) is 2. The summed E-state index contributed by atoms with van der Waals surface area (Å²) in [6, 6.07) is 7.41. The van der Waals surface area contributed by atoms with Crippen LogP contribution < -0.4 is 15.4 Å². The van der Waals surface area contributed by atoms with E-state index >= 15 is 0 Å². The number of ether oxygens (including phenoxy) is 1. The molecule has 0 aliphatic rings. The van der Waals surface area contributed by atoms with E-state index in [1.165, 1.54) is 4.88 Å². The summed E-state index contributed by atoms with van der Waals surface area (Å²) in [6.45, 7) is 6.78. The van der Waals surface area contributed by atoms with E-state index in [1.54, 1.807) is 18.4 Å². The van der Waals surface area contributed by atoms with Crippen molar-refractivity contribution in [2.24, 2.45) is 0 Å². The molecule has 5 nitrogen and oxygen atoms in total. The molecule has 2 aromatic rings. The van der Waals surface area contributed by atoms with Crippen LogP contribution in [0.1, 0.15) is 28.9 Å². The van der Waals surface area contributed by atoms with Crippen LogP contribution in [0.25, 0.3) is 0 Å². The molecule has 0 radical (unpaired) electrons. The van der Waals surface area contributed by atoms with Gasteiger partial charge in [0.1, 0.15) is 5.75 Å². The summed E-state index contributed by atoms with van der Waals surface area (Å²) >= 11 is 1.70. The van der Waals surface area contributed by atoms with Crippen molar-refractivity contribution in [2.75, 3.05) is 12.4 Å². The number of methoxy groups -OCH3 is 1. The summed E-state index contributed by atoms with van der Waals surface area (Å²) in [5.41, 5.74) is 1.84. The number of amides is 1. The van der Waals surface area contributed by atoms with Gasteiger partial charge in [-0.3, -0.25) is 4.79 Å². The van der Waals surface area contributed by atoms with Gasteiger partial charge < -0.3 is 15.4 Å². The number of nitrogens with zero attached hydrogens (tertiary/aromatic N) is 1. The molecule has 1 aromatic heterocycles. The molecule has 0 saturated carbocycles. The van der Waals surface area contributed by atoms with Crippen molar-refractivity contribution in [3.05, 3.63) is 39.8 Å². The second-order valence-corrected chi connectivity index (χ2v) is 6.79. The van der Waals surface area contributed by atoms with Crippen LogP contribution in [0.5, 0.6) is 5.75 Å². The van der Waals surface area contributed by atoms with E-state index in [1.807, 2.05) is 45.0 Å². The fourth-order valence-corrected chi connectivity index (χ4v) is 3.13. The van der Waals surface area contributed by atoms with Gasteiger partial charge in [-0.15, -0.1) is 11.3 Å². The Morgan fingerprint density at radius 2 is 2.00 bits per heavy atom. The smallest absolute Gasteiger partial charge is 0.225 e. The molecule has 0 spiro atoms. The van der Waals surface area contributed by atoms with Crippen LogP contribution in [0.15, 0.2) is 24.3 Å². The zero-order valence-electron chi connectivity index (χ0n) is 14.0. The Balaban J connectivity index is 1.78. The quantitative estimate of drug-likeness (QED) is 0.816. The minimum Gasteiger partial charge on any atom is -0.497 e. The van der Waals surface area contributed by atoms with E-state index in [0.29, 0.717) is 6.42 Å². The molecule has 1 aromatic carbocycles. The van der Waals surface area contributed by atoms with Crippen molar-refractivity contribution < 1.29 is 9.53 Å². The predicted molar refractivity (Wildman–Crippen MR) is 94.1 cm³/mol. The molecule has 1 atom stereocenters. The molecule has 0 aliphatic heterocycles. The van der Waals surface area contributed by atoms with E-state index in [0.717, 1.165) is 28.7 Å². The maximum Gasteiger partial charge on any atom is 0.225 e. The van der Waals surface area contributed by atoms with Crippen LogP contribution in [0.3, 0.4) is 0 Å². The summed E-state index contributed by atoms with van der Waals surface area (Å²) in [6.07, 6.45) is 0.420. The molecular formula is C17H23N3O2S. The molecule has 0 bridgehead atoms. The molecule has 0 fully saturated rings. The maximum atomic E-state index is 12.1. The molecule has 1 heterocycles. The molecule has 1 amide bonds. The highest BCUT2D eigenvalue weighted by Gasteiger charge is 2.11. The zero-order valence-corrected chi connectivity index (χ0v) is 14.8. The summed E-state index contributed by atoms with van der Waals surface area (Å²) in [5.74, 6) is 0.764. The third-order valence-corrected chi connectivity index (χ3v) is 4.55. The minimum absolute atomic E-state index is 0.00706.